The molecule has 0 bridgehead atoms. The van der Waals surface area contributed by atoms with Crippen molar-refractivity contribution in [2.24, 2.45) is 0 Å². The Morgan fingerprint density at radius 1 is 1.08 bits per heavy atom. The topological polar surface area (TPSA) is 55.8 Å². The standard InChI is InChI=1S/C18H26BNO4/c1-12(21)10-13-11-14(8-9-15(13)16(22)20(6)7)19-23-17(2,3)18(4,5)24-19/h8-9,11H,10H2,1-7H3. The van der Waals surface area contributed by atoms with Crippen LogP contribution in [0.4, 0.5) is 0 Å². The van der Waals surface area contributed by atoms with Crippen LogP contribution in [0.2, 0.25) is 0 Å². The van der Waals surface area contributed by atoms with Gasteiger partial charge in [-0.05, 0) is 51.7 Å². The monoisotopic (exact) mass is 331 g/mol. The van der Waals surface area contributed by atoms with Crippen molar-refractivity contribution in [3.05, 3.63) is 29.3 Å². The Balaban J connectivity index is 2.40. The van der Waals surface area contributed by atoms with E-state index in [1.807, 2.05) is 39.8 Å². The molecule has 0 N–H and O–H groups in total. The van der Waals surface area contributed by atoms with E-state index in [1.165, 1.54) is 11.8 Å². The van der Waals surface area contributed by atoms with Crippen LogP contribution in [0, 0.1) is 0 Å². The van der Waals surface area contributed by atoms with Crippen molar-refractivity contribution in [3.63, 3.8) is 0 Å². The van der Waals surface area contributed by atoms with Crippen molar-refractivity contribution in [2.75, 3.05) is 14.1 Å². The van der Waals surface area contributed by atoms with Gasteiger partial charge in [-0.2, -0.15) is 0 Å². The van der Waals surface area contributed by atoms with Gasteiger partial charge in [-0.25, -0.2) is 0 Å². The van der Waals surface area contributed by atoms with E-state index in [4.69, 9.17) is 9.31 Å². The molecule has 130 valence electrons. The molecule has 1 heterocycles. The van der Waals surface area contributed by atoms with Gasteiger partial charge in [-0.15, -0.1) is 0 Å². The lowest BCUT2D eigenvalue weighted by molar-refractivity contribution is -0.116. The average molecular weight is 331 g/mol. The SMILES string of the molecule is CC(=O)Cc1cc(B2OC(C)(C)C(C)(C)O2)ccc1C(=O)N(C)C. The van der Waals surface area contributed by atoms with E-state index in [2.05, 4.69) is 0 Å². The third-order valence-corrected chi connectivity index (χ3v) is 4.73. The molecular formula is C18H26BNO4. The minimum absolute atomic E-state index is 0.00822. The van der Waals surface area contributed by atoms with Crippen molar-refractivity contribution in [1.29, 1.82) is 0 Å². The number of carbonyl (C=O) groups excluding carboxylic acids is 2. The number of amides is 1. The maximum absolute atomic E-state index is 12.3. The fourth-order valence-corrected chi connectivity index (χ4v) is 2.60. The number of benzene rings is 1. The predicted octanol–water partition coefficient (Wildman–Crippen LogP) is 1.82. The summed E-state index contributed by atoms with van der Waals surface area (Å²) in [6, 6.07) is 5.43. The summed E-state index contributed by atoms with van der Waals surface area (Å²) in [6.45, 7) is 9.49. The van der Waals surface area contributed by atoms with Crippen LogP contribution >= 0.6 is 0 Å². The Labute approximate surface area is 144 Å². The molecule has 1 amide bonds. The molecule has 5 nitrogen and oxygen atoms in total. The van der Waals surface area contributed by atoms with Crippen LogP contribution in [0.25, 0.3) is 0 Å². The highest BCUT2D eigenvalue weighted by molar-refractivity contribution is 6.62. The van der Waals surface area contributed by atoms with Crippen LogP contribution in [0.1, 0.15) is 50.5 Å². The smallest absolute Gasteiger partial charge is 0.399 e. The number of carbonyl (C=O) groups is 2. The number of ketones is 1. The van der Waals surface area contributed by atoms with Gasteiger partial charge in [0, 0.05) is 26.1 Å². The quantitative estimate of drug-likeness (QED) is 0.790. The number of nitrogens with zero attached hydrogens (tertiary/aromatic N) is 1. The molecule has 6 heteroatoms. The molecule has 1 aliphatic rings. The van der Waals surface area contributed by atoms with E-state index in [9.17, 15) is 9.59 Å². The molecule has 1 aromatic rings. The van der Waals surface area contributed by atoms with Crippen molar-refractivity contribution < 1.29 is 18.9 Å². The van der Waals surface area contributed by atoms with E-state index in [0.29, 0.717) is 11.1 Å². The highest BCUT2D eigenvalue weighted by Gasteiger charge is 2.51. The Hall–Kier alpha value is -1.66. The highest BCUT2D eigenvalue weighted by Crippen LogP contribution is 2.36. The fraction of sp³-hybridized carbons (Fsp3) is 0.556. The van der Waals surface area contributed by atoms with E-state index < -0.39 is 18.3 Å². The lowest BCUT2D eigenvalue weighted by Crippen LogP contribution is -2.41. The maximum Gasteiger partial charge on any atom is 0.494 e. The third-order valence-electron chi connectivity index (χ3n) is 4.73. The first kappa shape index (κ1) is 18.7. The summed E-state index contributed by atoms with van der Waals surface area (Å²) in [7, 11) is 2.88. The Morgan fingerprint density at radius 2 is 1.62 bits per heavy atom. The minimum atomic E-state index is -0.510. The van der Waals surface area contributed by atoms with Crippen molar-refractivity contribution in [1.82, 2.24) is 4.90 Å². The minimum Gasteiger partial charge on any atom is -0.399 e. The first-order valence-electron chi connectivity index (χ1n) is 8.14. The molecule has 1 aromatic carbocycles. The van der Waals surface area contributed by atoms with Gasteiger partial charge < -0.3 is 14.2 Å². The summed E-state index contributed by atoms with van der Waals surface area (Å²) in [5, 5.41) is 0. The molecule has 24 heavy (non-hydrogen) atoms. The zero-order chi connectivity index (χ0) is 18.3. The third kappa shape index (κ3) is 3.54. The van der Waals surface area contributed by atoms with Gasteiger partial charge >= 0.3 is 7.12 Å². The summed E-state index contributed by atoms with van der Waals surface area (Å²) in [5.41, 5.74) is 1.19. The fourth-order valence-electron chi connectivity index (χ4n) is 2.60. The second kappa shape index (κ2) is 6.33. The molecule has 0 saturated carbocycles. The van der Waals surface area contributed by atoms with Gasteiger partial charge in [0.15, 0.2) is 0 Å². The molecule has 1 aliphatic heterocycles. The van der Waals surface area contributed by atoms with Crippen LogP contribution in [0.15, 0.2) is 18.2 Å². The average Bonchev–Trinajstić information content (AvgIpc) is 2.66. The van der Waals surface area contributed by atoms with Gasteiger partial charge in [0.2, 0.25) is 0 Å². The second-order valence-electron chi connectivity index (χ2n) is 7.58. The zero-order valence-corrected chi connectivity index (χ0v) is 15.6. The van der Waals surface area contributed by atoms with Gasteiger partial charge in [-0.1, -0.05) is 12.1 Å². The Morgan fingerprint density at radius 3 is 2.08 bits per heavy atom. The lowest BCUT2D eigenvalue weighted by Gasteiger charge is -2.32. The van der Waals surface area contributed by atoms with E-state index in [0.717, 1.165) is 5.46 Å². The second-order valence-corrected chi connectivity index (χ2v) is 7.58. The number of Topliss-reactive ketones (excluding diaryl/α,β-unsaturated/α-hetero) is 1. The molecular weight excluding hydrogens is 305 g/mol. The number of hydrogen-bond acceptors (Lipinski definition) is 4. The molecule has 0 aliphatic carbocycles. The molecule has 0 aromatic heterocycles. The van der Waals surface area contributed by atoms with Gasteiger partial charge in [0.25, 0.3) is 5.91 Å². The Kier molecular flexibility index (Phi) is 4.93. The van der Waals surface area contributed by atoms with Gasteiger partial charge in [0.1, 0.15) is 5.78 Å². The molecule has 0 atom stereocenters. The van der Waals surface area contributed by atoms with Gasteiger partial charge in [0.05, 0.1) is 11.2 Å². The molecule has 1 fully saturated rings. The summed E-state index contributed by atoms with van der Waals surface area (Å²) in [5.74, 6) is -0.111. The van der Waals surface area contributed by atoms with Crippen LogP contribution in [-0.4, -0.2) is 49.0 Å². The van der Waals surface area contributed by atoms with Crippen LogP contribution in [-0.2, 0) is 20.5 Å². The number of rotatable bonds is 4. The normalized spacial score (nSPS) is 18.5. The Bertz CT molecular complexity index is 651. The predicted molar refractivity (Wildman–Crippen MR) is 94.6 cm³/mol. The summed E-state index contributed by atoms with van der Waals surface area (Å²) in [4.78, 5) is 25.5. The van der Waals surface area contributed by atoms with Crippen molar-refractivity contribution >= 4 is 24.3 Å². The van der Waals surface area contributed by atoms with Crippen LogP contribution < -0.4 is 5.46 Å². The lowest BCUT2D eigenvalue weighted by atomic mass is 9.77. The van der Waals surface area contributed by atoms with Gasteiger partial charge in [-0.3, -0.25) is 9.59 Å². The van der Waals surface area contributed by atoms with E-state index in [1.54, 1.807) is 20.2 Å². The van der Waals surface area contributed by atoms with Crippen LogP contribution in [0.3, 0.4) is 0 Å². The largest absolute Gasteiger partial charge is 0.494 e. The van der Waals surface area contributed by atoms with Crippen LogP contribution in [0.5, 0.6) is 0 Å². The summed E-state index contributed by atoms with van der Waals surface area (Å²) < 4.78 is 12.1. The van der Waals surface area contributed by atoms with E-state index >= 15 is 0 Å². The van der Waals surface area contributed by atoms with E-state index in [-0.39, 0.29) is 18.1 Å². The molecule has 0 spiro atoms. The zero-order valence-electron chi connectivity index (χ0n) is 15.6. The highest BCUT2D eigenvalue weighted by atomic mass is 16.7. The number of hydrogen-bond donors (Lipinski definition) is 0. The summed E-state index contributed by atoms with van der Waals surface area (Å²) >= 11 is 0. The summed E-state index contributed by atoms with van der Waals surface area (Å²) in [6.07, 6.45) is 0.211. The molecule has 0 radical (unpaired) electrons. The maximum atomic E-state index is 12.3. The first-order chi connectivity index (χ1) is 10.9. The van der Waals surface area contributed by atoms with Crippen molar-refractivity contribution in [2.45, 2.75) is 52.2 Å². The molecule has 2 rings (SSSR count). The first-order valence-corrected chi connectivity index (χ1v) is 8.14. The van der Waals surface area contributed by atoms with Crippen molar-refractivity contribution in [3.8, 4) is 0 Å². The molecule has 0 unspecified atom stereocenters. The molecule has 1 saturated heterocycles.